The number of benzene rings is 1. The molecule has 2 aliphatic heterocycles. The fraction of sp³-hybridized carbons (Fsp3) is 0.500. The highest BCUT2D eigenvalue weighted by molar-refractivity contribution is 5.83. The van der Waals surface area contributed by atoms with Crippen molar-refractivity contribution in [1.82, 2.24) is 20.5 Å². The Morgan fingerprint density at radius 3 is 2.71 bits per heavy atom. The molecule has 4 N–H and O–H groups in total. The van der Waals surface area contributed by atoms with Gasteiger partial charge in [-0.3, -0.25) is 4.79 Å². The van der Waals surface area contributed by atoms with E-state index >= 15 is 0 Å². The molecule has 0 radical (unpaired) electrons. The molecule has 1 aromatic heterocycles. The van der Waals surface area contributed by atoms with E-state index in [1.807, 2.05) is 18.2 Å². The molecule has 3 aliphatic rings. The van der Waals surface area contributed by atoms with Crippen LogP contribution in [0, 0.1) is 11.3 Å². The van der Waals surface area contributed by atoms with E-state index in [-0.39, 0.29) is 30.4 Å². The molecule has 0 unspecified atom stereocenters. The highest BCUT2D eigenvalue weighted by Crippen LogP contribution is 2.51. The number of anilines is 1. The Morgan fingerprint density at radius 2 is 1.95 bits per heavy atom. The Bertz CT molecular complexity index is 1160. The third kappa shape index (κ3) is 6.24. The number of nitrogens with one attached hydrogen (secondary N) is 3. The Morgan fingerprint density at radius 1 is 1.16 bits per heavy atom. The van der Waals surface area contributed by atoms with Crippen LogP contribution in [-0.2, 0) is 33.8 Å². The minimum atomic E-state index is -1.26. The number of pyridine rings is 1. The monoisotopic (exact) mass is 521 g/mol. The number of carbonyl (C=O) groups is 3. The summed E-state index contributed by atoms with van der Waals surface area (Å²) in [5, 5.41) is 17.8. The first-order valence-corrected chi connectivity index (χ1v) is 13.3. The van der Waals surface area contributed by atoms with Crippen molar-refractivity contribution in [1.29, 1.82) is 0 Å². The number of carboxylic acids is 1. The average molecular weight is 522 g/mol. The molecule has 38 heavy (non-hydrogen) atoms. The third-order valence-corrected chi connectivity index (χ3v) is 7.77. The maximum atomic E-state index is 12.6. The zero-order chi connectivity index (χ0) is 26.5. The lowest BCUT2D eigenvalue weighted by molar-refractivity contribution is -0.145. The van der Waals surface area contributed by atoms with Crippen LogP contribution in [0.5, 0.6) is 0 Å². The first-order chi connectivity index (χ1) is 18.4. The van der Waals surface area contributed by atoms with Crippen molar-refractivity contribution in [2.24, 2.45) is 11.3 Å². The van der Waals surface area contributed by atoms with Gasteiger partial charge in [-0.05, 0) is 48.3 Å². The van der Waals surface area contributed by atoms with Gasteiger partial charge in [0.05, 0.1) is 0 Å². The second-order valence-electron chi connectivity index (χ2n) is 10.7. The van der Waals surface area contributed by atoms with Crippen LogP contribution >= 0.6 is 0 Å². The van der Waals surface area contributed by atoms with Crippen LogP contribution in [0.1, 0.15) is 36.1 Å². The summed E-state index contributed by atoms with van der Waals surface area (Å²) in [7, 11) is 0. The van der Waals surface area contributed by atoms with E-state index < -0.39 is 18.1 Å². The van der Waals surface area contributed by atoms with Crippen molar-refractivity contribution in [2.75, 3.05) is 38.0 Å². The minimum absolute atomic E-state index is 0.0353. The number of rotatable bonds is 10. The normalized spacial score (nSPS) is 18.7. The van der Waals surface area contributed by atoms with Crippen molar-refractivity contribution in [3.63, 3.8) is 0 Å². The van der Waals surface area contributed by atoms with Crippen LogP contribution < -0.4 is 16.0 Å². The fourth-order valence-electron chi connectivity index (χ4n) is 5.72. The molecular weight excluding hydrogens is 486 g/mol. The summed E-state index contributed by atoms with van der Waals surface area (Å²) < 4.78 is 5.09. The van der Waals surface area contributed by atoms with Gasteiger partial charge in [-0.15, -0.1) is 0 Å². The average Bonchev–Trinajstić information content (AvgIpc) is 2.88. The second kappa shape index (κ2) is 11.4. The molecule has 10 heteroatoms. The maximum Gasteiger partial charge on any atom is 0.408 e. The van der Waals surface area contributed by atoms with Gasteiger partial charge in [0.1, 0.15) is 18.5 Å². The third-order valence-electron chi connectivity index (χ3n) is 7.77. The van der Waals surface area contributed by atoms with E-state index in [0.29, 0.717) is 0 Å². The number of ether oxygens (including phenoxy) is 1. The summed E-state index contributed by atoms with van der Waals surface area (Å²) in [5.74, 6) is -0.479. The first kappa shape index (κ1) is 26.0. The number of aromatic nitrogens is 1. The Labute approximate surface area is 222 Å². The van der Waals surface area contributed by atoms with Gasteiger partial charge in [0.25, 0.3) is 0 Å². The highest BCUT2D eigenvalue weighted by Gasteiger charge is 2.53. The molecular formula is C28H35N5O5. The molecule has 5 rings (SSSR count). The lowest BCUT2D eigenvalue weighted by atomic mass is 9.57. The molecule has 2 fully saturated rings. The molecule has 1 saturated heterocycles. The van der Waals surface area contributed by atoms with Gasteiger partial charge >= 0.3 is 12.1 Å². The second-order valence-corrected chi connectivity index (χ2v) is 10.7. The van der Waals surface area contributed by atoms with Crippen molar-refractivity contribution in [2.45, 2.75) is 44.8 Å². The highest BCUT2D eigenvalue weighted by atomic mass is 16.5. The largest absolute Gasteiger partial charge is 0.480 e. The molecule has 1 spiro atoms. The van der Waals surface area contributed by atoms with E-state index in [4.69, 9.17) is 9.72 Å². The quantitative estimate of drug-likeness (QED) is 0.374. The fourth-order valence-corrected chi connectivity index (χ4v) is 5.72. The van der Waals surface area contributed by atoms with Gasteiger partial charge in [0, 0.05) is 50.8 Å². The lowest BCUT2D eigenvalue weighted by Crippen LogP contribution is -2.64. The number of alkyl carbamates (subject to hydrolysis) is 1. The molecule has 2 amide bonds. The number of fused-ring (bicyclic) bond motifs is 1. The number of nitrogens with zero attached hydrogens (tertiary/aromatic N) is 2. The SMILES string of the molecule is O=C(N[C@@H](CNC(=O)C1CC2(C1)CN(CCc1ccc3c(n1)NCCC3)C2)C(=O)O)OCc1ccccc1. The van der Waals surface area contributed by atoms with Gasteiger partial charge < -0.3 is 30.7 Å². The summed E-state index contributed by atoms with van der Waals surface area (Å²) in [5.41, 5.74) is 3.40. The molecule has 3 heterocycles. The number of aliphatic carboxylic acids is 1. The number of carbonyl (C=O) groups excluding carboxylic acids is 2. The van der Waals surface area contributed by atoms with Gasteiger partial charge in [-0.1, -0.05) is 36.4 Å². The van der Waals surface area contributed by atoms with Gasteiger partial charge in [-0.2, -0.15) is 0 Å². The summed E-state index contributed by atoms with van der Waals surface area (Å²) in [6, 6.07) is 12.2. The van der Waals surface area contributed by atoms with E-state index in [1.165, 1.54) is 5.56 Å². The van der Waals surface area contributed by atoms with E-state index in [0.717, 1.165) is 75.4 Å². The number of amides is 2. The summed E-state index contributed by atoms with van der Waals surface area (Å²) in [6.45, 7) is 3.75. The number of carboxylic acid groups (broad SMARTS) is 1. The Kier molecular flexibility index (Phi) is 7.78. The van der Waals surface area contributed by atoms with Crippen molar-refractivity contribution >= 4 is 23.8 Å². The molecule has 10 nitrogen and oxygen atoms in total. The molecule has 202 valence electrons. The summed E-state index contributed by atoms with van der Waals surface area (Å²) >= 11 is 0. The predicted octanol–water partition coefficient (Wildman–Crippen LogP) is 2.19. The zero-order valence-electron chi connectivity index (χ0n) is 21.4. The Hall–Kier alpha value is -3.66. The molecule has 1 aromatic carbocycles. The van der Waals surface area contributed by atoms with Crippen LogP contribution in [0.4, 0.5) is 10.6 Å². The predicted molar refractivity (Wildman–Crippen MR) is 141 cm³/mol. The molecule has 1 aliphatic carbocycles. The summed E-state index contributed by atoms with van der Waals surface area (Å²) in [6.07, 6.45) is 3.93. The Balaban J connectivity index is 0.986. The van der Waals surface area contributed by atoms with Gasteiger partial charge in [0.15, 0.2) is 0 Å². The number of aryl methyl sites for hydroxylation is 1. The number of hydrogen-bond donors (Lipinski definition) is 4. The first-order valence-electron chi connectivity index (χ1n) is 13.3. The smallest absolute Gasteiger partial charge is 0.408 e. The number of hydrogen-bond acceptors (Lipinski definition) is 7. The van der Waals surface area contributed by atoms with Gasteiger partial charge in [-0.25, -0.2) is 14.6 Å². The zero-order valence-corrected chi connectivity index (χ0v) is 21.4. The number of likely N-dealkylation sites (tertiary alicyclic amines) is 1. The van der Waals surface area contributed by atoms with Crippen LogP contribution in [0.3, 0.4) is 0 Å². The molecule has 1 atom stereocenters. The molecule has 1 saturated carbocycles. The van der Waals surface area contributed by atoms with Crippen molar-refractivity contribution in [3.05, 3.63) is 59.3 Å². The van der Waals surface area contributed by atoms with E-state index in [1.54, 1.807) is 12.1 Å². The van der Waals surface area contributed by atoms with Crippen molar-refractivity contribution < 1.29 is 24.2 Å². The van der Waals surface area contributed by atoms with Crippen LogP contribution in [0.25, 0.3) is 0 Å². The molecule has 0 bridgehead atoms. The van der Waals surface area contributed by atoms with E-state index in [2.05, 4.69) is 33.0 Å². The van der Waals surface area contributed by atoms with Crippen LogP contribution in [0.15, 0.2) is 42.5 Å². The maximum absolute atomic E-state index is 12.6. The standard InChI is InChI=1S/C28H35N5O5/c34-25(30-15-23(26(35)36)32-27(37)38-16-19-5-2-1-3-6-19)21-13-28(14-21)17-33(18-28)12-10-22-9-8-20-7-4-11-29-24(20)31-22/h1-3,5-6,8-9,21,23H,4,7,10-18H2,(H,29,31)(H,30,34)(H,32,37)(H,35,36)/t23-/m0/s1. The summed E-state index contributed by atoms with van der Waals surface area (Å²) in [4.78, 5) is 43.4. The minimum Gasteiger partial charge on any atom is -0.480 e. The van der Waals surface area contributed by atoms with Crippen LogP contribution in [-0.4, -0.2) is 71.7 Å². The molecule has 2 aromatic rings. The topological polar surface area (TPSA) is 133 Å². The van der Waals surface area contributed by atoms with Gasteiger partial charge in [0.2, 0.25) is 5.91 Å². The van der Waals surface area contributed by atoms with E-state index in [9.17, 15) is 19.5 Å². The van der Waals surface area contributed by atoms with Crippen LogP contribution in [0.2, 0.25) is 0 Å². The lowest BCUT2D eigenvalue weighted by Gasteiger charge is -2.58. The van der Waals surface area contributed by atoms with Crippen molar-refractivity contribution in [3.8, 4) is 0 Å².